The summed E-state index contributed by atoms with van der Waals surface area (Å²) in [6.07, 6.45) is 1.99. The van der Waals surface area contributed by atoms with Gasteiger partial charge < -0.3 is 9.47 Å². The first-order valence-corrected chi connectivity index (χ1v) is 9.82. The van der Waals surface area contributed by atoms with Gasteiger partial charge in [-0.3, -0.25) is 9.59 Å². The number of carbonyl (C=O) groups excluding carboxylic acids is 1. The van der Waals surface area contributed by atoms with E-state index in [4.69, 9.17) is 21.1 Å². The second kappa shape index (κ2) is 8.75. The van der Waals surface area contributed by atoms with Crippen LogP contribution in [0, 0.1) is 0 Å². The van der Waals surface area contributed by atoms with Crippen molar-refractivity contribution < 1.29 is 14.3 Å². The number of methoxy groups -OCH3 is 1. The summed E-state index contributed by atoms with van der Waals surface area (Å²) < 4.78 is 12.4. The number of aryl methyl sites for hydroxylation is 1. The van der Waals surface area contributed by atoms with Crippen LogP contribution >= 0.6 is 27.5 Å². The first-order chi connectivity index (χ1) is 13.8. The van der Waals surface area contributed by atoms with Gasteiger partial charge >= 0.3 is 5.97 Å². The molecule has 9 heteroatoms. The summed E-state index contributed by atoms with van der Waals surface area (Å²) in [5, 5.41) is 4.95. The van der Waals surface area contributed by atoms with Crippen LogP contribution in [0.4, 0.5) is 0 Å². The fraction of sp³-hybridized carbons (Fsp3) is 0.200. The molecule has 0 N–H and O–H groups in total. The smallest absolute Gasteiger partial charge is 0.308 e. The minimum absolute atomic E-state index is 0.127. The number of hydrogen-bond acceptors (Lipinski definition) is 6. The molecule has 0 atom stereocenters. The van der Waals surface area contributed by atoms with Gasteiger partial charge in [0.05, 0.1) is 29.2 Å². The Bertz CT molecular complexity index is 1190. The van der Waals surface area contributed by atoms with Crippen molar-refractivity contribution in [3.05, 3.63) is 61.6 Å². The molecule has 0 spiro atoms. The van der Waals surface area contributed by atoms with Crippen LogP contribution in [0.15, 0.2) is 44.7 Å². The molecule has 0 bridgehead atoms. The monoisotopic (exact) mass is 477 g/mol. The van der Waals surface area contributed by atoms with Crippen molar-refractivity contribution in [1.29, 1.82) is 0 Å². The van der Waals surface area contributed by atoms with E-state index >= 15 is 0 Å². The van der Waals surface area contributed by atoms with E-state index in [1.54, 1.807) is 24.3 Å². The van der Waals surface area contributed by atoms with Gasteiger partial charge in [-0.1, -0.05) is 34.5 Å². The third-order valence-corrected chi connectivity index (χ3v) is 4.79. The van der Waals surface area contributed by atoms with Crippen LogP contribution in [-0.2, 0) is 11.2 Å². The Hall–Kier alpha value is -2.71. The van der Waals surface area contributed by atoms with E-state index in [-0.39, 0.29) is 22.1 Å². The topological polar surface area (TPSA) is 82.8 Å². The molecule has 1 aromatic heterocycles. The second-order valence-electron chi connectivity index (χ2n) is 6.03. The van der Waals surface area contributed by atoms with Gasteiger partial charge in [0.25, 0.3) is 5.56 Å². The van der Waals surface area contributed by atoms with Crippen LogP contribution < -0.4 is 15.0 Å². The molecule has 3 aromatic rings. The van der Waals surface area contributed by atoms with Crippen molar-refractivity contribution in [3.8, 4) is 11.5 Å². The van der Waals surface area contributed by atoms with Gasteiger partial charge in [-0.25, -0.2) is 4.98 Å². The molecule has 0 saturated carbocycles. The second-order valence-corrected chi connectivity index (χ2v) is 7.36. The highest BCUT2D eigenvalue weighted by Crippen LogP contribution is 2.36. The summed E-state index contributed by atoms with van der Waals surface area (Å²) >= 11 is 9.59. The maximum atomic E-state index is 12.9. The van der Waals surface area contributed by atoms with Crippen LogP contribution in [0.3, 0.4) is 0 Å². The average molecular weight is 479 g/mol. The summed E-state index contributed by atoms with van der Waals surface area (Å²) in [7, 11) is 1.43. The third kappa shape index (κ3) is 4.49. The molecule has 150 valence electrons. The number of carbonyl (C=O) groups is 1. The number of esters is 1. The zero-order valence-electron chi connectivity index (χ0n) is 15.9. The van der Waals surface area contributed by atoms with Crippen molar-refractivity contribution in [2.24, 2.45) is 5.10 Å². The van der Waals surface area contributed by atoms with Crippen molar-refractivity contribution >= 4 is 50.6 Å². The predicted octanol–water partition coefficient (Wildman–Crippen LogP) is 4.19. The van der Waals surface area contributed by atoms with Crippen molar-refractivity contribution in [1.82, 2.24) is 9.66 Å². The zero-order valence-corrected chi connectivity index (χ0v) is 18.2. The standard InChI is InChI=1S/C20H17BrClN3O4/c1-4-18-24-16-6-5-13(21)9-14(16)20(27)25(18)23-10-12-7-15(22)19(29-11(2)26)17(8-12)28-3/h5-10H,4H2,1-3H3. The summed E-state index contributed by atoms with van der Waals surface area (Å²) in [5.41, 5.74) is 0.891. The largest absolute Gasteiger partial charge is 0.493 e. The van der Waals surface area contributed by atoms with E-state index < -0.39 is 5.97 Å². The molecule has 0 saturated heterocycles. The van der Waals surface area contributed by atoms with Gasteiger partial charge in [-0.05, 0) is 35.9 Å². The molecule has 0 unspecified atom stereocenters. The normalized spacial score (nSPS) is 11.2. The number of fused-ring (bicyclic) bond motifs is 1. The molecule has 2 aromatic carbocycles. The number of hydrogen-bond donors (Lipinski definition) is 0. The SMILES string of the molecule is CCc1nc2ccc(Br)cc2c(=O)n1N=Cc1cc(Cl)c(OC(C)=O)c(OC)c1. The lowest BCUT2D eigenvalue weighted by molar-refractivity contribution is -0.132. The Morgan fingerprint density at radius 2 is 2.10 bits per heavy atom. The minimum atomic E-state index is -0.515. The highest BCUT2D eigenvalue weighted by molar-refractivity contribution is 9.10. The number of rotatable bonds is 5. The first-order valence-electron chi connectivity index (χ1n) is 8.65. The molecular weight excluding hydrogens is 462 g/mol. The van der Waals surface area contributed by atoms with Crippen LogP contribution in [-0.4, -0.2) is 29.0 Å². The number of aromatic nitrogens is 2. The summed E-state index contributed by atoms with van der Waals surface area (Å²) in [5.74, 6) is 0.412. The molecule has 0 aliphatic heterocycles. The predicted molar refractivity (Wildman–Crippen MR) is 115 cm³/mol. The molecule has 3 rings (SSSR count). The Kier molecular flexibility index (Phi) is 6.34. The van der Waals surface area contributed by atoms with Gasteiger partial charge in [0.1, 0.15) is 5.82 Å². The fourth-order valence-electron chi connectivity index (χ4n) is 2.72. The molecule has 0 aliphatic rings. The van der Waals surface area contributed by atoms with E-state index in [9.17, 15) is 9.59 Å². The Balaban J connectivity index is 2.09. The fourth-order valence-corrected chi connectivity index (χ4v) is 3.34. The lowest BCUT2D eigenvalue weighted by Gasteiger charge is -2.11. The minimum Gasteiger partial charge on any atom is -0.493 e. The summed E-state index contributed by atoms with van der Waals surface area (Å²) in [6.45, 7) is 3.17. The lowest BCUT2D eigenvalue weighted by atomic mass is 10.2. The molecular formula is C20H17BrClN3O4. The van der Waals surface area contributed by atoms with Gasteiger partial charge in [0.15, 0.2) is 11.5 Å². The first kappa shape index (κ1) is 21.0. The number of ether oxygens (including phenoxy) is 2. The Morgan fingerprint density at radius 1 is 1.34 bits per heavy atom. The highest BCUT2D eigenvalue weighted by Gasteiger charge is 2.14. The van der Waals surface area contributed by atoms with Crippen LogP contribution in [0.2, 0.25) is 5.02 Å². The van der Waals surface area contributed by atoms with Crippen molar-refractivity contribution in [2.75, 3.05) is 7.11 Å². The molecule has 0 radical (unpaired) electrons. The van der Waals surface area contributed by atoms with E-state index in [1.807, 2.05) is 13.0 Å². The quantitative estimate of drug-likeness (QED) is 0.312. The number of benzene rings is 2. The molecule has 0 amide bonds. The van der Waals surface area contributed by atoms with Crippen LogP contribution in [0.1, 0.15) is 25.2 Å². The highest BCUT2D eigenvalue weighted by atomic mass is 79.9. The third-order valence-electron chi connectivity index (χ3n) is 4.01. The Morgan fingerprint density at radius 3 is 2.76 bits per heavy atom. The van der Waals surface area contributed by atoms with Gasteiger partial charge in [0, 0.05) is 17.8 Å². The number of halogens is 2. The maximum absolute atomic E-state index is 12.9. The average Bonchev–Trinajstić information content (AvgIpc) is 2.68. The summed E-state index contributed by atoms with van der Waals surface area (Å²) in [6, 6.07) is 8.50. The molecule has 29 heavy (non-hydrogen) atoms. The van der Waals surface area contributed by atoms with E-state index in [0.29, 0.717) is 28.7 Å². The van der Waals surface area contributed by atoms with Gasteiger partial charge in [-0.15, -0.1) is 0 Å². The van der Waals surface area contributed by atoms with E-state index in [1.165, 1.54) is 24.9 Å². The lowest BCUT2D eigenvalue weighted by Crippen LogP contribution is -2.22. The van der Waals surface area contributed by atoms with Gasteiger partial charge in [-0.2, -0.15) is 9.78 Å². The van der Waals surface area contributed by atoms with Crippen molar-refractivity contribution in [3.63, 3.8) is 0 Å². The summed E-state index contributed by atoms with van der Waals surface area (Å²) in [4.78, 5) is 28.7. The van der Waals surface area contributed by atoms with E-state index in [0.717, 1.165) is 4.47 Å². The molecule has 0 aliphatic carbocycles. The van der Waals surface area contributed by atoms with Crippen molar-refractivity contribution in [2.45, 2.75) is 20.3 Å². The van der Waals surface area contributed by atoms with Crippen LogP contribution in [0.25, 0.3) is 10.9 Å². The maximum Gasteiger partial charge on any atom is 0.308 e. The van der Waals surface area contributed by atoms with E-state index in [2.05, 4.69) is 26.0 Å². The molecule has 1 heterocycles. The molecule has 0 fully saturated rings. The number of nitrogens with zero attached hydrogens (tertiary/aromatic N) is 3. The molecule has 7 nitrogen and oxygen atoms in total. The Labute approximate surface area is 180 Å². The van der Waals surface area contributed by atoms with Crippen LogP contribution in [0.5, 0.6) is 11.5 Å². The zero-order chi connectivity index (χ0) is 21.1. The van der Waals surface area contributed by atoms with Gasteiger partial charge in [0.2, 0.25) is 0 Å².